The largest absolute Gasteiger partial charge is 0.573 e. The van der Waals surface area contributed by atoms with Gasteiger partial charge in [0.15, 0.2) is 0 Å². The second-order valence-electron chi connectivity index (χ2n) is 6.26. The number of benzene rings is 1. The lowest BCUT2D eigenvalue weighted by atomic mass is 9.72. The molecule has 7 heteroatoms. The summed E-state index contributed by atoms with van der Waals surface area (Å²) in [5, 5.41) is 9.61. The highest BCUT2D eigenvalue weighted by Gasteiger charge is 2.48. The van der Waals surface area contributed by atoms with Crippen LogP contribution in [0.25, 0.3) is 0 Å². The van der Waals surface area contributed by atoms with Gasteiger partial charge in [0.05, 0.1) is 11.5 Å². The highest BCUT2D eigenvalue weighted by atomic mass is 19.4. The van der Waals surface area contributed by atoms with E-state index in [1.54, 1.807) is 4.90 Å². The number of rotatable bonds is 2. The van der Waals surface area contributed by atoms with Gasteiger partial charge in [-0.3, -0.25) is 4.79 Å². The van der Waals surface area contributed by atoms with Crippen molar-refractivity contribution in [3.63, 3.8) is 0 Å². The van der Waals surface area contributed by atoms with Gasteiger partial charge in [-0.15, -0.1) is 13.2 Å². The van der Waals surface area contributed by atoms with E-state index in [1.807, 2.05) is 0 Å². The molecule has 1 aromatic rings. The molecular formula is C16H18F3NO3. The highest BCUT2D eigenvalue weighted by Crippen LogP contribution is 2.46. The fourth-order valence-electron chi connectivity index (χ4n) is 3.51. The SMILES string of the molecule is O=C1N(c2ccc(OC(F)(F)F)cc2)CC[C@]12CC[C@@H](O)CC2. The Morgan fingerprint density at radius 1 is 1.13 bits per heavy atom. The number of carbonyl (C=O) groups excluding carboxylic acids is 1. The van der Waals surface area contributed by atoms with Crippen LogP contribution in [0.15, 0.2) is 24.3 Å². The van der Waals surface area contributed by atoms with Crippen LogP contribution in [0.1, 0.15) is 32.1 Å². The lowest BCUT2D eigenvalue weighted by molar-refractivity contribution is -0.274. The molecule has 0 unspecified atom stereocenters. The zero-order chi connectivity index (χ0) is 16.7. The summed E-state index contributed by atoms with van der Waals surface area (Å²) < 4.78 is 40.3. The number of carbonyl (C=O) groups is 1. The molecule has 1 spiro atoms. The summed E-state index contributed by atoms with van der Waals surface area (Å²) in [6.45, 7) is 0.550. The van der Waals surface area contributed by atoms with Crippen molar-refractivity contribution in [3.8, 4) is 5.75 Å². The van der Waals surface area contributed by atoms with Crippen molar-refractivity contribution >= 4 is 11.6 Å². The lowest BCUT2D eigenvalue weighted by Gasteiger charge is -2.33. The van der Waals surface area contributed by atoms with Gasteiger partial charge in [0.1, 0.15) is 5.75 Å². The van der Waals surface area contributed by atoms with Crippen LogP contribution in [0.3, 0.4) is 0 Å². The molecule has 2 aliphatic rings. The molecule has 1 amide bonds. The van der Waals surface area contributed by atoms with E-state index in [0.717, 1.165) is 6.42 Å². The molecule has 1 saturated carbocycles. The number of amides is 1. The zero-order valence-corrected chi connectivity index (χ0v) is 12.5. The van der Waals surface area contributed by atoms with E-state index in [9.17, 15) is 23.1 Å². The number of hydrogen-bond acceptors (Lipinski definition) is 3. The predicted octanol–water partition coefficient (Wildman–Crippen LogP) is 3.24. The molecule has 0 aromatic heterocycles. The Hall–Kier alpha value is -1.76. The van der Waals surface area contributed by atoms with Crippen molar-refractivity contribution < 1.29 is 27.8 Å². The molecule has 1 aromatic carbocycles. The number of alkyl halides is 3. The van der Waals surface area contributed by atoms with Crippen molar-refractivity contribution in [2.45, 2.75) is 44.6 Å². The van der Waals surface area contributed by atoms with Crippen molar-refractivity contribution in [3.05, 3.63) is 24.3 Å². The molecule has 1 N–H and O–H groups in total. The summed E-state index contributed by atoms with van der Waals surface area (Å²) in [4.78, 5) is 14.4. The molecule has 1 heterocycles. The highest BCUT2D eigenvalue weighted by molar-refractivity contribution is 6.00. The average Bonchev–Trinajstić information content (AvgIpc) is 2.79. The molecule has 0 radical (unpaired) electrons. The maximum atomic E-state index is 12.7. The van der Waals surface area contributed by atoms with Crippen LogP contribution in [0.5, 0.6) is 5.75 Å². The van der Waals surface area contributed by atoms with Gasteiger partial charge in [0.25, 0.3) is 0 Å². The normalized spacial score (nSPS) is 28.4. The number of halogens is 3. The van der Waals surface area contributed by atoms with Gasteiger partial charge in [0, 0.05) is 12.2 Å². The predicted molar refractivity (Wildman–Crippen MR) is 77.0 cm³/mol. The maximum Gasteiger partial charge on any atom is 0.573 e. The van der Waals surface area contributed by atoms with Gasteiger partial charge in [-0.1, -0.05) is 0 Å². The number of aliphatic hydroxyl groups is 1. The Kier molecular flexibility index (Phi) is 4.00. The molecule has 23 heavy (non-hydrogen) atoms. The molecule has 0 bridgehead atoms. The number of anilines is 1. The van der Waals surface area contributed by atoms with Crippen molar-refractivity contribution in [2.24, 2.45) is 5.41 Å². The van der Waals surface area contributed by atoms with Crippen LogP contribution >= 0.6 is 0 Å². The summed E-state index contributed by atoms with van der Waals surface area (Å²) in [6.07, 6.45) is -1.76. The number of aliphatic hydroxyl groups excluding tert-OH is 1. The van der Waals surface area contributed by atoms with Gasteiger partial charge in [-0.2, -0.15) is 0 Å². The Morgan fingerprint density at radius 3 is 2.30 bits per heavy atom. The number of hydrogen-bond donors (Lipinski definition) is 1. The van der Waals surface area contributed by atoms with Gasteiger partial charge < -0.3 is 14.7 Å². The molecule has 0 atom stereocenters. The van der Waals surface area contributed by atoms with E-state index in [1.165, 1.54) is 24.3 Å². The Morgan fingerprint density at radius 2 is 1.74 bits per heavy atom. The Balaban J connectivity index is 1.72. The Bertz CT molecular complexity index is 577. The van der Waals surface area contributed by atoms with Gasteiger partial charge in [0.2, 0.25) is 5.91 Å². The first-order valence-electron chi connectivity index (χ1n) is 7.65. The van der Waals surface area contributed by atoms with Crippen LogP contribution in [0, 0.1) is 5.41 Å². The third kappa shape index (κ3) is 3.29. The first-order valence-corrected chi connectivity index (χ1v) is 7.65. The molecule has 1 aliphatic carbocycles. The summed E-state index contributed by atoms with van der Waals surface area (Å²) in [5.74, 6) is -0.294. The molecule has 1 saturated heterocycles. The molecule has 2 fully saturated rings. The van der Waals surface area contributed by atoms with Gasteiger partial charge in [-0.05, 0) is 56.4 Å². The van der Waals surface area contributed by atoms with Gasteiger partial charge >= 0.3 is 6.36 Å². The quantitative estimate of drug-likeness (QED) is 0.906. The van der Waals surface area contributed by atoms with E-state index in [-0.39, 0.29) is 17.8 Å². The first-order chi connectivity index (χ1) is 10.8. The average molecular weight is 329 g/mol. The molecular weight excluding hydrogens is 311 g/mol. The van der Waals surface area contributed by atoms with Gasteiger partial charge in [-0.25, -0.2) is 0 Å². The lowest BCUT2D eigenvalue weighted by Crippen LogP contribution is -2.38. The molecule has 3 rings (SSSR count). The topological polar surface area (TPSA) is 49.8 Å². The minimum atomic E-state index is -4.72. The van der Waals surface area contributed by atoms with E-state index >= 15 is 0 Å². The summed E-state index contributed by atoms with van der Waals surface area (Å²) in [5.41, 5.74) is 0.160. The van der Waals surface area contributed by atoms with E-state index < -0.39 is 11.8 Å². The van der Waals surface area contributed by atoms with Crippen LogP contribution in [-0.2, 0) is 4.79 Å². The smallest absolute Gasteiger partial charge is 0.406 e. The molecule has 1 aliphatic heterocycles. The first kappa shape index (κ1) is 16.1. The van der Waals surface area contributed by atoms with Crippen LogP contribution < -0.4 is 9.64 Å². The fraction of sp³-hybridized carbons (Fsp3) is 0.562. The van der Waals surface area contributed by atoms with Crippen molar-refractivity contribution in [1.29, 1.82) is 0 Å². The summed E-state index contributed by atoms with van der Waals surface area (Å²) in [7, 11) is 0. The van der Waals surface area contributed by atoms with Crippen molar-refractivity contribution in [1.82, 2.24) is 0 Å². The van der Waals surface area contributed by atoms with Crippen LogP contribution in [-0.4, -0.2) is 30.0 Å². The molecule has 126 valence electrons. The molecule has 4 nitrogen and oxygen atoms in total. The fourth-order valence-corrected chi connectivity index (χ4v) is 3.51. The number of ether oxygens (including phenoxy) is 1. The van der Waals surface area contributed by atoms with Crippen molar-refractivity contribution in [2.75, 3.05) is 11.4 Å². The standard InChI is InChI=1S/C16H18F3NO3/c17-16(18,19)23-13-3-1-11(2-4-13)20-10-9-15(14(20)22)7-5-12(21)6-8-15/h1-4,12,21H,5-10H2/t12-,15-. The van der Waals surface area contributed by atoms with E-state index in [2.05, 4.69) is 4.74 Å². The second-order valence-corrected chi connectivity index (χ2v) is 6.26. The minimum Gasteiger partial charge on any atom is -0.406 e. The van der Waals surface area contributed by atoms with Crippen LogP contribution in [0.4, 0.5) is 18.9 Å². The minimum absolute atomic E-state index is 0.00823. The second kappa shape index (κ2) is 5.70. The third-order valence-corrected chi connectivity index (χ3v) is 4.81. The summed E-state index contributed by atoms with van der Waals surface area (Å²) >= 11 is 0. The Labute approximate surface area is 131 Å². The van der Waals surface area contributed by atoms with Crippen LogP contribution in [0.2, 0.25) is 0 Å². The van der Waals surface area contributed by atoms with E-state index in [0.29, 0.717) is 37.9 Å². The summed E-state index contributed by atoms with van der Waals surface area (Å²) in [6, 6.07) is 5.36. The third-order valence-electron chi connectivity index (χ3n) is 4.81. The zero-order valence-electron chi connectivity index (χ0n) is 12.5. The van der Waals surface area contributed by atoms with E-state index in [4.69, 9.17) is 0 Å². The number of nitrogens with zero attached hydrogens (tertiary/aromatic N) is 1. The maximum absolute atomic E-state index is 12.7. The monoisotopic (exact) mass is 329 g/mol.